The summed E-state index contributed by atoms with van der Waals surface area (Å²) in [5.41, 5.74) is 5.31. The lowest BCUT2D eigenvalue weighted by Gasteiger charge is -2.25. The lowest BCUT2D eigenvalue weighted by molar-refractivity contribution is -0.119. The van der Waals surface area contributed by atoms with Gasteiger partial charge in [0.05, 0.1) is 23.4 Å². The van der Waals surface area contributed by atoms with E-state index in [1.807, 2.05) is 37.3 Å². The molecule has 184 valence electrons. The van der Waals surface area contributed by atoms with Gasteiger partial charge >= 0.3 is 0 Å². The fourth-order valence-corrected chi connectivity index (χ4v) is 4.72. The highest BCUT2D eigenvalue weighted by Gasteiger charge is 2.28. The molecule has 3 aromatic rings. The number of amides is 1. The summed E-state index contributed by atoms with van der Waals surface area (Å²) in [5, 5.41) is 3.99. The summed E-state index contributed by atoms with van der Waals surface area (Å²) in [6.07, 6.45) is 1.50. The maximum Gasteiger partial charge on any atom is 0.264 e. The maximum absolute atomic E-state index is 13.4. The molecule has 0 spiro atoms. The van der Waals surface area contributed by atoms with Crippen molar-refractivity contribution in [2.45, 2.75) is 32.6 Å². The second-order valence-corrected chi connectivity index (χ2v) is 10.5. The van der Waals surface area contributed by atoms with Crippen LogP contribution in [0.2, 0.25) is 0 Å². The number of ether oxygens (including phenoxy) is 1. The SMILES string of the molecule is Cc1ccc(S(=O)(=O)N(CC(=O)N/N=C/c2ccc(OCC(C)C)cc2)c2ccccc2C)cc1. The van der Waals surface area contributed by atoms with Crippen LogP contribution in [0.25, 0.3) is 0 Å². The molecule has 1 amide bonds. The second kappa shape index (κ2) is 11.7. The van der Waals surface area contributed by atoms with Gasteiger partial charge in [0.1, 0.15) is 12.3 Å². The predicted molar refractivity (Wildman–Crippen MR) is 139 cm³/mol. The lowest BCUT2D eigenvalue weighted by Crippen LogP contribution is -2.40. The molecule has 35 heavy (non-hydrogen) atoms. The zero-order valence-electron chi connectivity index (χ0n) is 20.4. The quantitative estimate of drug-likeness (QED) is 0.328. The Morgan fingerprint density at radius 1 is 1.00 bits per heavy atom. The highest BCUT2D eigenvalue weighted by Crippen LogP contribution is 2.26. The van der Waals surface area contributed by atoms with Gasteiger partial charge in [0, 0.05) is 0 Å². The number of nitrogens with zero attached hydrogens (tertiary/aromatic N) is 2. The third-order valence-electron chi connectivity index (χ3n) is 5.15. The van der Waals surface area contributed by atoms with Crippen LogP contribution in [0.15, 0.2) is 82.8 Å². The van der Waals surface area contributed by atoms with Gasteiger partial charge in [-0.3, -0.25) is 9.10 Å². The zero-order valence-corrected chi connectivity index (χ0v) is 21.2. The van der Waals surface area contributed by atoms with E-state index in [0.29, 0.717) is 18.2 Å². The third kappa shape index (κ3) is 7.16. The zero-order chi connectivity index (χ0) is 25.4. The smallest absolute Gasteiger partial charge is 0.264 e. The van der Waals surface area contributed by atoms with Crippen LogP contribution in [0.3, 0.4) is 0 Å². The van der Waals surface area contributed by atoms with Crippen LogP contribution in [-0.4, -0.2) is 33.7 Å². The van der Waals surface area contributed by atoms with Crippen molar-refractivity contribution < 1.29 is 17.9 Å². The molecular formula is C27H31N3O4S. The molecule has 0 aliphatic heterocycles. The Kier molecular flexibility index (Phi) is 8.65. The molecule has 1 N–H and O–H groups in total. The van der Waals surface area contributed by atoms with Gasteiger partial charge in [0.25, 0.3) is 15.9 Å². The summed E-state index contributed by atoms with van der Waals surface area (Å²) in [6.45, 7) is 8.06. The van der Waals surface area contributed by atoms with E-state index >= 15 is 0 Å². The van der Waals surface area contributed by atoms with Crippen molar-refractivity contribution in [3.05, 3.63) is 89.5 Å². The van der Waals surface area contributed by atoms with Crippen molar-refractivity contribution in [3.8, 4) is 5.75 Å². The Morgan fingerprint density at radius 3 is 2.29 bits per heavy atom. The molecule has 0 atom stereocenters. The Bertz CT molecular complexity index is 1270. The first-order chi connectivity index (χ1) is 16.7. The molecule has 0 aliphatic rings. The fourth-order valence-electron chi connectivity index (χ4n) is 3.24. The monoisotopic (exact) mass is 493 g/mol. The first-order valence-corrected chi connectivity index (χ1v) is 12.8. The molecule has 0 bridgehead atoms. The summed E-state index contributed by atoms with van der Waals surface area (Å²) in [5.74, 6) is 0.632. The van der Waals surface area contributed by atoms with Gasteiger partial charge in [-0.2, -0.15) is 5.10 Å². The summed E-state index contributed by atoms with van der Waals surface area (Å²) >= 11 is 0. The van der Waals surface area contributed by atoms with E-state index in [2.05, 4.69) is 24.4 Å². The van der Waals surface area contributed by atoms with Crippen LogP contribution in [0.1, 0.15) is 30.5 Å². The highest BCUT2D eigenvalue weighted by molar-refractivity contribution is 7.92. The number of nitrogens with one attached hydrogen (secondary N) is 1. The van der Waals surface area contributed by atoms with Crippen LogP contribution in [-0.2, 0) is 14.8 Å². The number of rotatable bonds is 10. The first-order valence-electron chi connectivity index (χ1n) is 11.4. The molecule has 8 heteroatoms. The number of hydrogen-bond donors (Lipinski definition) is 1. The average Bonchev–Trinajstić information content (AvgIpc) is 2.83. The average molecular weight is 494 g/mol. The fraction of sp³-hybridized carbons (Fsp3) is 0.259. The van der Waals surface area contributed by atoms with Crippen LogP contribution in [0.5, 0.6) is 5.75 Å². The van der Waals surface area contributed by atoms with E-state index in [1.54, 1.807) is 49.4 Å². The highest BCUT2D eigenvalue weighted by atomic mass is 32.2. The van der Waals surface area contributed by atoms with E-state index < -0.39 is 22.5 Å². The standard InChI is InChI=1S/C27H31N3O4S/c1-20(2)19-34-24-13-11-23(12-14-24)17-28-29-27(31)18-30(26-8-6-5-7-22(26)4)35(32,33)25-15-9-21(3)10-16-25/h5-17,20H,18-19H2,1-4H3,(H,29,31)/b28-17+. The molecular weight excluding hydrogens is 462 g/mol. The van der Waals surface area contributed by atoms with Crippen LogP contribution < -0.4 is 14.5 Å². The summed E-state index contributed by atoms with van der Waals surface area (Å²) in [6, 6.07) is 20.9. The molecule has 0 saturated heterocycles. The molecule has 3 aromatic carbocycles. The van der Waals surface area contributed by atoms with Crippen LogP contribution in [0.4, 0.5) is 5.69 Å². The normalized spacial score (nSPS) is 11.6. The number of sulfonamides is 1. The summed E-state index contributed by atoms with van der Waals surface area (Å²) < 4.78 is 33.7. The summed E-state index contributed by atoms with van der Waals surface area (Å²) in [4.78, 5) is 12.8. The van der Waals surface area contributed by atoms with Gasteiger partial charge in [-0.15, -0.1) is 0 Å². The molecule has 3 rings (SSSR count). The molecule has 0 aromatic heterocycles. The van der Waals surface area contributed by atoms with Gasteiger partial charge in [-0.25, -0.2) is 13.8 Å². The molecule has 0 aliphatic carbocycles. The Hall–Kier alpha value is -3.65. The molecule has 0 heterocycles. The van der Waals surface area contributed by atoms with Crippen molar-refractivity contribution in [1.29, 1.82) is 0 Å². The Labute approximate surface area is 207 Å². The van der Waals surface area contributed by atoms with Gasteiger partial charge in [-0.05, 0) is 73.4 Å². The van der Waals surface area contributed by atoms with Crippen LogP contribution in [0, 0.1) is 19.8 Å². The first kappa shape index (κ1) is 26.0. The number of para-hydroxylation sites is 1. The van der Waals surface area contributed by atoms with Crippen molar-refractivity contribution in [3.63, 3.8) is 0 Å². The third-order valence-corrected chi connectivity index (χ3v) is 6.92. The second-order valence-electron chi connectivity index (χ2n) is 8.68. The van der Waals surface area contributed by atoms with E-state index in [0.717, 1.165) is 26.7 Å². The number of hydrogen-bond acceptors (Lipinski definition) is 5. The topological polar surface area (TPSA) is 88.1 Å². The van der Waals surface area contributed by atoms with Gasteiger partial charge in [0.15, 0.2) is 0 Å². The molecule has 0 unspecified atom stereocenters. The largest absolute Gasteiger partial charge is 0.493 e. The number of benzene rings is 3. The molecule has 0 fully saturated rings. The van der Waals surface area contributed by atoms with Gasteiger partial charge in [-0.1, -0.05) is 49.7 Å². The number of hydrazone groups is 1. The minimum absolute atomic E-state index is 0.113. The number of carbonyl (C=O) groups excluding carboxylic acids is 1. The van der Waals surface area contributed by atoms with Crippen molar-refractivity contribution >= 4 is 27.8 Å². The van der Waals surface area contributed by atoms with E-state index in [9.17, 15) is 13.2 Å². The lowest BCUT2D eigenvalue weighted by atomic mass is 10.2. The van der Waals surface area contributed by atoms with E-state index in [4.69, 9.17) is 4.74 Å². The summed E-state index contributed by atoms with van der Waals surface area (Å²) in [7, 11) is -3.98. The predicted octanol–water partition coefficient (Wildman–Crippen LogP) is 4.68. The Morgan fingerprint density at radius 2 is 1.66 bits per heavy atom. The minimum atomic E-state index is -3.98. The molecule has 0 saturated carbocycles. The van der Waals surface area contributed by atoms with E-state index in [1.165, 1.54) is 6.21 Å². The van der Waals surface area contributed by atoms with Gasteiger partial charge < -0.3 is 4.74 Å². The molecule has 0 radical (unpaired) electrons. The van der Waals surface area contributed by atoms with E-state index in [-0.39, 0.29) is 4.90 Å². The van der Waals surface area contributed by atoms with Crippen LogP contribution >= 0.6 is 0 Å². The Balaban J connectivity index is 1.74. The van der Waals surface area contributed by atoms with Crippen molar-refractivity contribution in [2.75, 3.05) is 17.5 Å². The minimum Gasteiger partial charge on any atom is -0.493 e. The molecule has 7 nitrogen and oxygen atoms in total. The van der Waals surface area contributed by atoms with Crippen molar-refractivity contribution in [2.24, 2.45) is 11.0 Å². The number of aryl methyl sites for hydroxylation is 2. The maximum atomic E-state index is 13.4. The van der Waals surface area contributed by atoms with Crippen molar-refractivity contribution in [1.82, 2.24) is 5.43 Å². The number of anilines is 1. The van der Waals surface area contributed by atoms with Gasteiger partial charge in [0.2, 0.25) is 0 Å². The number of carbonyl (C=O) groups is 1.